The van der Waals surface area contributed by atoms with Crippen molar-refractivity contribution in [3.63, 3.8) is 0 Å². The number of hydrogen-bond donors (Lipinski definition) is 1. The van der Waals surface area contributed by atoms with Crippen LogP contribution in [-0.2, 0) is 17.8 Å². The van der Waals surface area contributed by atoms with Gasteiger partial charge in [-0.05, 0) is 51.3 Å². The number of benzene rings is 1. The SMILES string of the molecule is CN(C)CCn1c(O)c2c3c4c(ccc3c1=O)C(=O)N(CCCN=C=S)C(=O)C4=CC2. The summed E-state index contributed by atoms with van der Waals surface area (Å²) < 4.78 is 1.36. The zero-order valence-electron chi connectivity index (χ0n) is 17.3. The molecule has 9 heteroatoms. The normalized spacial score (nSPS) is 14.8. The highest BCUT2D eigenvalue weighted by Crippen LogP contribution is 2.41. The van der Waals surface area contributed by atoms with Gasteiger partial charge < -0.3 is 10.0 Å². The summed E-state index contributed by atoms with van der Waals surface area (Å²) in [6.07, 6.45) is 2.53. The van der Waals surface area contributed by atoms with E-state index in [0.29, 0.717) is 65.5 Å². The van der Waals surface area contributed by atoms with Crippen LogP contribution in [0.1, 0.15) is 27.9 Å². The molecule has 0 saturated carbocycles. The number of aromatic hydroxyl groups is 1. The minimum Gasteiger partial charge on any atom is -0.494 e. The molecule has 0 saturated heterocycles. The molecule has 1 aliphatic heterocycles. The lowest BCUT2D eigenvalue weighted by molar-refractivity contribution is -0.122. The van der Waals surface area contributed by atoms with Gasteiger partial charge in [0.15, 0.2) is 5.88 Å². The van der Waals surface area contributed by atoms with Crippen LogP contribution in [0.3, 0.4) is 0 Å². The van der Waals surface area contributed by atoms with E-state index in [4.69, 9.17) is 0 Å². The standard InChI is InChI=1S/C22H22N4O4S/c1-24(2)10-11-26-21(29)15-6-4-13-17-14(5-7-16(18(15)17)22(26)30)20(28)25(19(13)27)9-3-8-23-12-31/h4-6,30H,3,7-11H2,1-2H3. The Balaban J connectivity index is 1.85. The summed E-state index contributed by atoms with van der Waals surface area (Å²) in [5, 5.41) is 14.0. The molecule has 0 bridgehead atoms. The Bertz CT molecular complexity index is 1250. The molecule has 1 aliphatic carbocycles. The molecule has 8 nitrogen and oxygen atoms in total. The van der Waals surface area contributed by atoms with Gasteiger partial charge in [-0.1, -0.05) is 6.08 Å². The van der Waals surface area contributed by atoms with Crippen LogP contribution < -0.4 is 5.56 Å². The van der Waals surface area contributed by atoms with Crippen molar-refractivity contribution in [2.75, 3.05) is 33.7 Å². The number of pyridine rings is 1. The van der Waals surface area contributed by atoms with Gasteiger partial charge in [-0.2, -0.15) is 0 Å². The van der Waals surface area contributed by atoms with E-state index in [1.807, 2.05) is 19.0 Å². The third-order valence-electron chi connectivity index (χ3n) is 5.73. The van der Waals surface area contributed by atoms with Crippen molar-refractivity contribution in [1.82, 2.24) is 14.4 Å². The maximum Gasteiger partial charge on any atom is 0.261 e. The predicted molar refractivity (Wildman–Crippen MR) is 121 cm³/mol. The van der Waals surface area contributed by atoms with Crippen LogP contribution in [0.2, 0.25) is 0 Å². The maximum absolute atomic E-state index is 13.1. The molecule has 1 aromatic heterocycles. The number of imide groups is 1. The van der Waals surface area contributed by atoms with Crippen LogP contribution in [0.25, 0.3) is 16.3 Å². The summed E-state index contributed by atoms with van der Waals surface area (Å²) in [5.41, 5.74) is 1.45. The van der Waals surface area contributed by atoms with Gasteiger partial charge in [0, 0.05) is 52.7 Å². The van der Waals surface area contributed by atoms with E-state index in [9.17, 15) is 19.5 Å². The third-order valence-corrected chi connectivity index (χ3v) is 5.86. The smallest absolute Gasteiger partial charge is 0.261 e. The molecule has 0 unspecified atom stereocenters. The number of allylic oxidation sites excluding steroid dienone is 1. The van der Waals surface area contributed by atoms with Gasteiger partial charge >= 0.3 is 0 Å². The van der Waals surface area contributed by atoms with Gasteiger partial charge in [0.05, 0.1) is 11.7 Å². The van der Waals surface area contributed by atoms with Gasteiger partial charge in [0.1, 0.15) is 0 Å². The Morgan fingerprint density at radius 2 is 1.97 bits per heavy atom. The van der Waals surface area contributed by atoms with Crippen molar-refractivity contribution in [2.24, 2.45) is 4.99 Å². The zero-order valence-corrected chi connectivity index (χ0v) is 18.2. The number of aromatic nitrogens is 1. The molecular formula is C22H22N4O4S. The highest BCUT2D eigenvalue weighted by atomic mass is 32.1. The van der Waals surface area contributed by atoms with Crippen LogP contribution in [0.5, 0.6) is 5.88 Å². The Hall–Kier alpha value is -3.13. The molecule has 0 fully saturated rings. The molecule has 0 atom stereocenters. The zero-order chi connectivity index (χ0) is 22.3. The molecule has 0 radical (unpaired) electrons. The van der Waals surface area contributed by atoms with Gasteiger partial charge in [-0.15, -0.1) is 0 Å². The van der Waals surface area contributed by atoms with Gasteiger partial charge in [-0.25, -0.2) is 4.99 Å². The average molecular weight is 439 g/mol. The average Bonchev–Trinajstić information content (AvgIpc) is 2.75. The number of thiocarbonyl (C=S) groups is 1. The third kappa shape index (κ3) is 3.40. The fourth-order valence-electron chi connectivity index (χ4n) is 4.21. The number of isothiocyanates is 1. The van der Waals surface area contributed by atoms with E-state index in [-0.39, 0.29) is 18.0 Å². The van der Waals surface area contributed by atoms with Crippen LogP contribution in [0, 0.1) is 0 Å². The van der Waals surface area contributed by atoms with Crippen LogP contribution in [0.15, 0.2) is 28.0 Å². The van der Waals surface area contributed by atoms with Crippen LogP contribution in [0.4, 0.5) is 0 Å². The Kier molecular flexibility index (Phi) is 5.58. The summed E-state index contributed by atoms with van der Waals surface area (Å²) in [6.45, 7) is 1.53. The van der Waals surface area contributed by atoms with Gasteiger partial charge in [0.2, 0.25) is 0 Å². The largest absolute Gasteiger partial charge is 0.494 e. The lowest BCUT2D eigenvalue weighted by Gasteiger charge is -2.32. The van der Waals surface area contributed by atoms with Crippen LogP contribution >= 0.6 is 12.2 Å². The summed E-state index contributed by atoms with van der Waals surface area (Å²) in [4.78, 5) is 46.3. The minimum absolute atomic E-state index is 0.108. The molecule has 1 aromatic carbocycles. The molecule has 4 rings (SSSR count). The number of likely N-dealkylation sites (N-methyl/N-ethyl adjacent to an activating group) is 1. The molecular weight excluding hydrogens is 416 g/mol. The van der Waals surface area contributed by atoms with E-state index in [2.05, 4.69) is 22.4 Å². The molecule has 2 heterocycles. The topological polar surface area (TPSA) is 95.2 Å². The second-order valence-electron chi connectivity index (χ2n) is 7.88. The van der Waals surface area contributed by atoms with E-state index in [0.717, 1.165) is 0 Å². The van der Waals surface area contributed by atoms with E-state index >= 15 is 0 Å². The summed E-state index contributed by atoms with van der Waals surface area (Å²) in [7, 11) is 3.78. The first-order valence-corrected chi connectivity index (χ1v) is 10.4. The first kappa shape index (κ1) is 21.1. The maximum atomic E-state index is 13.1. The lowest BCUT2D eigenvalue weighted by Crippen LogP contribution is -2.43. The molecule has 2 aromatic rings. The molecule has 1 N–H and O–H groups in total. The first-order chi connectivity index (χ1) is 14.9. The van der Waals surface area contributed by atoms with Crippen molar-refractivity contribution >= 4 is 45.5 Å². The number of nitrogens with zero attached hydrogens (tertiary/aromatic N) is 4. The number of hydrogen-bond acceptors (Lipinski definition) is 7. The van der Waals surface area contributed by atoms with Gasteiger partial charge in [-0.3, -0.25) is 23.9 Å². The highest BCUT2D eigenvalue weighted by molar-refractivity contribution is 7.78. The fraction of sp³-hybridized carbons (Fsp3) is 0.364. The second kappa shape index (κ2) is 8.19. The quantitative estimate of drug-likeness (QED) is 0.306. The van der Waals surface area contributed by atoms with Crippen molar-refractivity contribution in [1.29, 1.82) is 0 Å². The minimum atomic E-state index is -0.408. The van der Waals surface area contributed by atoms with Crippen molar-refractivity contribution in [3.05, 3.63) is 45.3 Å². The molecule has 160 valence electrons. The summed E-state index contributed by atoms with van der Waals surface area (Å²) in [6, 6.07) is 3.23. The Morgan fingerprint density at radius 1 is 1.19 bits per heavy atom. The summed E-state index contributed by atoms with van der Waals surface area (Å²) in [5.74, 6) is -0.906. The number of carbonyl (C=O) groups is 2. The molecule has 2 aliphatic rings. The number of aliphatic imine (C=N–C) groups is 1. The number of amides is 2. The molecule has 0 spiro atoms. The Labute approximate surface area is 184 Å². The lowest BCUT2D eigenvalue weighted by atomic mass is 9.82. The Morgan fingerprint density at radius 3 is 2.68 bits per heavy atom. The van der Waals surface area contributed by atoms with E-state index < -0.39 is 11.8 Å². The van der Waals surface area contributed by atoms with E-state index in [1.54, 1.807) is 18.2 Å². The highest BCUT2D eigenvalue weighted by Gasteiger charge is 2.38. The molecule has 2 amide bonds. The monoisotopic (exact) mass is 438 g/mol. The fourth-order valence-corrected chi connectivity index (χ4v) is 4.30. The second-order valence-corrected chi connectivity index (χ2v) is 8.07. The predicted octanol–water partition coefficient (Wildman–Crippen LogP) is 1.68. The van der Waals surface area contributed by atoms with Crippen molar-refractivity contribution < 1.29 is 14.7 Å². The first-order valence-electron chi connectivity index (χ1n) is 10.0. The number of rotatable bonds is 7. The van der Waals surface area contributed by atoms with Crippen LogP contribution in [-0.4, -0.2) is 70.2 Å². The van der Waals surface area contributed by atoms with Gasteiger partial charge in [0.25, 0.3) is 17.4 Å². The van der Waals surface area contributed by atoms with E-state index in [1.165, 1.54) is 9.47 Å². The molecule has 31 heavy (non-hydrogen) atoms. The van der Waals surface area contributed by atoms with Crippen molar-refractivity contribution in [3.8, 4) is 5.88 Å². The summed E-state index contributed by atoms with van der Waals surface area (Å²) >= 11 is 4.54. The van der Waals surface area contributed by atoms with Crippen molar-refractivity contribution in [2.45, 2.75) is 19.4 Å². The number of carbonyl (C=O) groups excluding carboxylic acids is 2.